The van der Waals surface area contributed by atoms with Gasteiger partial charge in [-0.15, -0.1) is 5.10 Å². The second kappa shape index (κ2) is 4.58. The Morgan fingerprint density at radius 2 is 2.12 bits per heavy atom. The first-order valence-electron chi connectivity index (χ1n) is 4.96. The van der Waals surface area contributed by atoms with Crippen LogP contribution in [0.1, 0.15) is 35.4 Å². The number of aromatic amines is 1. The van der Waals surface area contributed by atoms with E-state index >= 15 is 0 Å². The molecule has 1 N–H and O–H groups in total. The van der Waals surface area contributed by atoms with Crippen LogP contribution in [0.2, 0.25) is 0 Å². The zero-order valence-corrected chi connectivity index (χ0v) is 10.4. The van der Waals surface area contributed by atoms with Crippen LogP contribution in [0, 0.1) is 0 Å². The summed E-state index contributed by atoms with van der Waals surface area (Å²) in [7, 11) is 1.28. The lowest BCUT2D eigenvalue weighted by molar-refractivity contribution is 0.0587. The molecule has 0 unspecified atom stereocenters. The van der Waals surface area contributed by atoms with E-state index in [2.05, 4.69) is 29.3 Å². The zero-order valence-electron chi connectivity index (χ0n) is 9.59. The largest absolute Gasteiger partial charge is 0.463 e. The quantitative estimate of drug-likeness (QED) is 0.827. The molecule has 0 atom stereocenters. The minimum absolute atomic E-state index is 0.0448. The first-order valence-corrected chi connectivity index (χ1v) is 5.74. The first kappa shape index (κ1) is 11.6. The number of hydrogen-bond donors (Lipinski definition) is 1. The van der Waals surface area contributed by atoms with E-state index in [0.29, 0.717) is 17.6 Å². The Morgan fingerprint density at radius 3 is 2.71 bits per heavy atom. The van der Waals surface area contributed by atoms with Gasteiger partial charge < -0.3 is 4.74 Å². The van der Waals surface area contributed by atoms with Crippen molar-refractivity contribution in [3.63, 3.8) is 0 Å². The van der Waals surface area contributed by atoms with Crippen molar-refractivity contribution >= 4 is 17.5 Å². The number of aromatic nitrogens is 5. The lowest BCUT2D eigenvalue weighted by atomic mass is 10.2. The summed E-state index contributed by atoms with van der Waals surface area (Å²) in [6.45, 7) is 4.06. The van der Waals surface area contributed by atoms with Crippen LogP contribution in [0.3, 0.4) is 0 Å². The Kier molecular flexibility index (Phi) is 3.14. The standard InChI is InChI=1S/C9H11N5O2S/c1-4(2)8-11-6(14-17-8)5-10-7(13-12-5)9(15)16-3/h4H,1-3H3,(H,10,12,13). The maximum atomic E-state index is 11.2. The monoisotopic (exact) mass is 253 g/mol. The van der Waals surface area contributed by atoms with E-state index in [1.807, 2.05) is 13.8 Å². The number of nitrogens with zero attached hydrogens (tertiary/aromatic N) is 4. The summed E-state index contributed by atoms with van der Waals surface area (Å²) >= 11 is 1.30. The molecule has 2 aromatic rings. The van der Waals surface area contributed by atoms with Gasteiger partial charge in [-0.2, -0.15) is 9.36 Å². The van der Waals surface area contributed by atoms with Gasteiger partial charge in [-0.1, -0.05) is 13.8 Å². The van der Waals surface area contributed by atoms with Gasteiger partial charge in [0, 0.05) is 5.92 Å². The summed E-state index contributed by atoms with van der Waals surface area (Å²) in [6, 6.07) is 0. The predicted octanol–water partition coefficient (Wildman–Crippen LogP) is 1.23. The van der Waals surface area contributed by atoms with E-state index < -0.39 is 5.97 Å². The van der Waals surface area contributed by atoms with Crippen LogP contribution in [0.25, 0.3) is 11.6 Å². The van der Waals surface area contributed by atoms with Gasteiger partial charge in [0.1, 0.15) is 5.01 Å². The summed E-state index contributed by atoms with van der Waals surface area (Å²) < 4.78 is 8.66. The van der Waals surface area contributed by atoms with E-state index in [1.165, 1.54) is 18.6 Å². The Morgan fingerprint density at radius 1 is 1.35 bits per heavy atom. The molecule has 2 rings (SSSR count). The van der Waals surface area contributed by atoms with Gasteiger partial charge >= 0.3 is 5.97 Å². The van der Waals surface area contributed by atoms with Gasteiger partial charge in [0.15, 0.2) is 0 Å². The van der Waals surface area contributed by atoms with E-state index in [0.717, 1.165) is 5.01 Å². The van der Waals surface area contributed by atoms with Crippen molar-refractivity contribution in [2.24, 2.45) is 0 Å². The first-order chi connectivity index (χ1) is 8.11. The van der Waals surface area contributed by atoms with E-state index in [9.17, 15) is 4.79 Å². The van der Waals surface area contributed by atoms with Gasteiger partial charge in [-0.25, -0.2) is 9.78 Å². The van der Waals surface area contributed by atoms with Crippen molar-refractivity contribution in [3.8, 4) is 11.6 Å². The molecule has 2 heterocycles. The van der Waals surface area contributed by atoms with Gasteiger partial charge in [0.05, 0.1) is 7.11 Å². The highest BCUT2D eigenvalue weighted by atomic mass is 32.1. The molecule has 90 valence electrons. The molecule has 0 spiro atoms. The molecule has 0 aliphatic carbocycles. The summed E-state index contributed by atoms with van der Waals surface area (Å²) in [5, 5.41) is 7.26. The van der Waals surface area contributed by atoms with Gasteiger partial charge in [0.25, 0.3) is 0 Å². The number of carbonyl (C=O) groups is 1. The Balaban J connectivity index is 2.27. The Bertz CT molecular complexity index is 533. The molecule has 2 aromatic heterocycles. The molecule has 0 amide bonds. The summed E-state index contributed by atoms with van der Waals surface area (Å²) in [6.07, 6.45) is 0. The molecular formula is C9H11N5O2S. The smallest absolute Gasteiger partial charge is 0.375 e. The lowest BCUT2D eigenvalue weighted by Crippen LogP contribution is -2.03. The normalized spacial score (nSPS) is 10.8. The average molecular weight is 253 g/mol. The van der Waals surface area contributed by atoms with Crippen molar-refractivity contribution in [3.05, 3.63) is 10.8 Å². The van der Waals surface area contributed by atoms with E-state index in [-0.39, 0.29) is 5.82 Å². The van der Waals surface area contributed by atoms with Crippen molar-refractivity contribution in [1.29, 1.82) is 0 Å². The highest BCUT2D eigenvalue weighted by molar-refractivity contribution is 7.05. The minimum Gasteiger partial charge on any atom is -0.463 e. The topological polar surface area (TPSA) is 93.7 Å². The number of ether oxygens (including phenoxy) is 1. The van der Waals surface area contributed by atoms with Crippen LogP contribution < -0.4 is 0 Å². The van der Waals surface area contributed by atoms with Gasteiger partial charge in [-0.3, -0.25) is 5.10 Å². The molecule has 7 nitrogen and oxygen atoms in total. The van der Waals surface area contributed by atoms with Crippen molar-refractivity contribution in [1.82, 2.24) is 24.5 Å². The van der Waals surface area contributed by atoms with Crippen LogP contribution in [-0.4, -0.2) is 37.6 Å². The second-order valence-corrected chi connectivity index (χ2v) is 4.39. The maximum absolute atomic E-state index is 11.2. The fourth-order valence-electron chi connectivity index (χ4n) is 1.11. The molecule has 8 heteroatoms. The zero-order chi connectivity index (χ0) is 12.4. The Labute approximate surface area is 101 Å². The molecule has 0 radical (unpaired) electrons. The van der Waals surface area contributed by atoms with Crippen LogP contribution in [0.15, 0.2) is 0 Å². The van der Waals surface area contributed by atoms with Gasteiger partial charge in [0.2, 0.25) is 17.5 Å². The van der Waals surface area contributed by atoms with E-state index in [1.54, 1.807) is 0 Å². The summed E-state index contributed by atoms with van der Waals surface area (Å²) in [4.78, 5) is 19.4. The number of carbonyl (C=O) groups excluding carboxylic acids is 1. The van der Waals surface area contributed by atoms with Crippen LogP contribution in [0.4, 0.5) is 0 Å². The SMILES string of the molecule is COC(=O)c1nc(-c2nsc(C(C)C)n2)n[nH]1. The van der Waals surface area contributed by atoms with Crippen molar-refractivity contribution in [2.75, 3.05) is 7.11 Å². The number of esters is 1. The van der Waals surface area contributed by atoms with Crippen LogP contribution >= 0.6 is 11.5 Å². The number of hydrogen-bond acceptors (Lipinski definition) is 7. The van der Waals surface area contributed by atoms with E-state index in [4.69, 9.17) is 0 Å². The number of methoxy groups -OCH3 is 1. The molecule has 0 aromatic carbocycles. The molecule has 0 aliphatic heterocycles. The second-order valence-electron chi connectivity index (χ2n) is 3.61. The molecule has 0 aliphatic rings. The Hall–Kier alpha value is -1.83. The van der Waals surface area contributed by atoms with Crippen LogP contribution in [0.5, 0.6) is 0 Å². The number of H-pyrrole nitrogens is 1. The highest BCUT2D eigenvalue weighted by Crippen LogP contribution is 2.20. The number of rotatable bonds is 3. The molecule has 0 saturated carbocycles. The highest BCUT2D eigenvalue weighted by Gasteiger charge is 2.17. The van der Waals surface area contributed by atoms with Gasteiger partial charge in [-0.05, 0) is 11.5 Å². The molecule has 17 heavy (non-hydrogen) atoms. The predicted molar refractivity (Wildman–Crippen MR) is 60.7 cm³/mol. The average Bonchev–Trinajstić information content (AvgIpc) is 2.95. The third kappa shape index (κ3) is 2.31. The number of nitrogens with one attached hydrogen (secondary N) is 1. The summed E-state index contributed by atoms with van der Waals surface area (Å²) in [5.41, 5.74) is 0. The third-order valence-electron chi connectivity index (χ3n) is 2.00. The summed E-state index contributed by atoms with van der Waals surface area (Å²) in [5.74, 6) is 0.505. The molecule has 0 bridgehead atoms. The molecule has 0 saturated heterocycles. The van der Waals surface area contributed by atoms with Crippen molar-refractivity contribution < 1.29 is 9.53 Å². The maximum Gasteiger partial charge on any atom is 0.375 e. The lowest BCUT2D eigenvalue weighted by Gasteiger charge is -1.93. The van der Waals surface area contributed by atoms with Crippen molar-refractivity contribution in [2.45, 2.75) is 19.8 Å². The fraction of sp³-hybridized carbons (Fsp3) is 0.444. The third-order valence-corrected chi connectivity index (χ3v) is 3.01. The fourth-order valence-corrected chi connectivity index (χ4v) is 1.75. The molecule has 0 fully saturated rings. The minimum atomic E-state index is -0.567. The molecular weight excluding hydrogens is 242 g/mol. The van der Waals surface area contributed by atoms with Crippen LogP contribution in [-0.2, 0) is 4.74 Å².